The lowest BCUT2D eigenvalue weighted by atomic mass is 10.1. The number of carbonyl (C=O) groups excluding carboxylic acids is 4. The van der Waals surface area contributed by atoms with Gasteiger partial charge in [-0.3, -0.25) is 19.2 Å². The summed E-state index contributed by atoms with van der Waals surface area (Å²) in [5.41, 5.74) is 2.25. The Balaban J connectivity index is 2.99. The molecule has 0 atom stereocenters. The molecule has 1 aromatic rings. The molecular weight excluding hydrogens is 296 g/mol. The average Bonchev–Trinajstić information content (AvgIpc) is 2.51. The molecule has 0 aliphatic rings. The fourth-order valence-electron chi connectivity index (χ4n) is 1.70. The summed E-state index contributed by atoms with van der Waals surface area (Å²) < 4.78 is 0. The zero-order valence-electron chi connectivity index (χ0n) is 13.2. The van der Waals surface area contributed by atoms with E-state index in [-0.39, 0.29) is 11.1 Å². The van der Waals surface area contributed by atoms with Crippen LogP contribution in [0.3, 0.4) is 0 Å². The van der Waals surface area contributed by atoms with Crippen LogP contribution < -0.4 is 10.6 Å². The fraction of sp³-hybridized carbons (Fsp3) is 0.176. The molecule has 1 rings (SSSR count). The Morgan fingerprint density at radius 3 is 1.61 bits per heavy atom. The van der Waals surface area contributed by atoms with E-state index >= 15 is 0 Å². The lowest BCUT2D eigenvalue weighted by Crippen LogP contribution is -2.16. The predicted octanol–water partition coefficient (Wildman–Crippen LogP) is 2.16. The Bertz CT molecular complexity index is 646. The van der Waals surface area contributed by atoms with E-state index in [0.29, 0.717) is 29.5 Å². The van der Waals surface area contributed by atoms with Crippen LogP contribution in [-0.4, -0.2) is 24.4 Å². The number of hydrogen-bond acceptors (Lipinski definition) is 4. The van der Waals surface area contributed by atoms with Crippen LogP contribution in [-0.2, 0) is 19.2 Å². The number of allylic oxidation sites excluding steroid dienone is 2. The zero-order chi connectivity index (χ0) is 17.4. The Labute approximate surface area is 134 Å². The minimum absolute atomic E-state index is 0.276. The lowest BCUT2D eigenvalue weighted by Gasteiger charge is -2.13. The second-order valence-corrected chi connectivity index (χ2v) is 4.86. The molecule has 120 valence electrons. The van der Waals surface area contributed by atoms with Gasteiger partial charge in [0.2, 0.25) is 0 Å². The maximum Gasteiger partial charge on any atom is 0.251 e. The van der Waals surface area contributed by atoms with Crippen LogP contribution in [0.1, 0.15) is 19.4 Å². The van der Waals surface area contributed by atoms with E-state index in [9.17, 15) is 19.2 Å². The molecule has 0 aliphatic heterocycles. The molecular formula is C17H18N2O4. The van der Waals surface area contributed by atoms with E-state index in [0.717, 1.165) is 0 Å². The van der Waals surface area contributed by atoms with Crippen molar-refractivity contribution in [1.29, 1.82) is 0 Å². The van der Waals surface area contributed by atoms with Gasteiger partial charge in [0, 0.05) is 22.5 Å². The molecule has 0 heterocycles. The quantitative estimate of drug-likeness (QED) is 0.621. The van der Waals surface area contributed by atoms with Crippen LogP contribution >= 0.6 is 0 Å². The maximum atomic E-state index is 11.9. The van der Waals surface area contributed by atoms with Crippen molar-refractivity contribution in [2.45, 2.75) is 20.8 Å². The summed E-state index contributed by atoms with van der Waals surface area (Å²) in [5, 5.41) is 5.35. The molecule has 6 nitrogen and oxygen atoms in total. The first-order valence-electron chi connectivity index (χ1n) is 6.87. The molecule has 0 saturated carbocycles. The van der Waals surface area contributed by atoms with Crippen molar-refractivity contribution in [3.8, 4) is 0 Å². The maximum absolute atomic E-state index is 11.9. The standard InChI is InChI=1S/C17H18N2O4/c1-11(7-9-20)16(22)18-14-5-4-6-15(13(14)3)19-17(23)12(2)8-10-21/h4-10H,1-3H3,(H,18,22)(H,19,23)/b11-7-,12-8-. The smallest absolute Gasteiger partial charge is 0.251 e. The molecule has 0 radical (unpaired) electrons. The van der Waals surface area contributed by atoms with E-state index in [1.54, 1.807) is 25.1 Å². The minimum Gasteiger partial charge on any atom is -0.322 e. The van der Waals surface area contributed by atoms with E-state index < -0.39 is 11.8 Å². The normalized spacial score (nSPS) is 11.6. The van der Waals surface area contributed by atoms with Crippen molar-refractivity contribution in [2.75, 3.05) is 10.6 Å². The first-order chi connectivity index (χ1) is 10.9. The molecule has 0 aliphatic carbocycles. The summed E-state index contributed by atoms with van der Waals surface area (Å²) in [6.45, 7) is 4.79. The highest BCUT2D eigenvalue weighted by Crippen LogP contribution is 2.24. The molecule has 0 unspecified atom stereocenters. The van der Waals surface area contributed by atoms with Gasteiger partial charge in [-0.15, -0.1) is 0 Å². The number of benzene rings is 1. The van der Waals surface area contributed by atoms with Crippen molar-refractivity contribution < 1.29 is 19.2 Å². The summed E-state index contributed by atoms with van der Waals surface area (Å²) in [4.78, 5) is 44.6. The van der Waals surface area contributed by atoms with E-state index in [4.69, 9.17) is 0 Å². The summed E-state index contributed by atoms with van der Waals surface area (Å²) in [6, 6.07) is 5.05. The predicted molar refractivity (Wildman–Crippen MR) is 88.1 cm³/mol. The van der Waals surface area contributed by atoms with Gasteiger partial charge in [0.1, 0.15) is 12.6 Å². The van der Waals surface area contributed by atoms with Gasteiger partial charge in [-0.1, -0.05) is 6.07 Å². The third kappa shape index (κ3) is 5.03. The molecule has 23 heavy (non-hydrogen) atoms. The van der Waals surface area contributed by atoms with Crippen molar-refractivity contribution in [3.63, 3.8) is 0 Å². The highest BCUT2D eigenvalue weighted by atomic mass is 16.2. The van der Waals surface area contributed by atoms with Crippen LogP contribution in [0.4, 0.5) is 11.4 Å². The molecule has 0 fully saturated rings. The lowest BCUT2D eigenvalue weighted by molar-refractivity contribution is -0.113. The first-order valence-corrected chi connectivity index (χ1v) is 6.87. The Morgan fingerprint density at radius 2 is 1.26 bits per heavy atom. The Hall–Kier alpha value is -3.02. The molecule has 0 aromatic heterocycles. The third-order valence-corrected chi connectivity index (χ3v) is 3.18. The van der Waals surface area contributed by atoms with Gasteiger partial charge >= 0.3 is 0 Å². The first kappa shape index (κ1) is 18.0. The van der Waals surface area contributed by atoms with Crippen molar-refractivity contribution in [1.82, 2.24) is 0 Å². The van der Waals surface area contributed by atoms with Gasteiger partial charge in [0.25, 0.3) is 11.8 Å². The van der Waals surface area contributed by atoms with E-state index in [1.165, 1.54) is 26.0 Å². The minimum atomic E-state index is -0.402. The van der Waals surface area contributed by atoms with Gasteiger partial charge < -0.3 is 10.6 Å². The van der Waals surface area contributed by atoms with Crippen LogP contribution in [0.15, 0.2) is 41.5 Å². The molecule has 2 N–H and O–H groups in total. The van der Waals surface area contributed by atoms with Crippen LogP contribution in [0.5, 0.6) is 0 Å². The number of rotatable bonds is 6. The molecule has 0 bridgehead atoms. The van der Waals surface area contributed by atoms with E-state index in [1.807, 2.05) is 0 Å². The van der Waals surface area contributed by atoms with Crippen LogP contribution in [0.25, 0.3) is 0 Å². The summed E-state index contributed by atoms with van der Waals surface area (Å²) in [6.07, 6.45) is 3.43. The Morgan fingerprint density at radius 1 is 0.870 bits per heavy atom. The van der Waals surface area contributed by atoms with Gasteiger partial charge in [0.15, 0.2) is 0 Å². The van der Waals surface area contributed by atoms with E-state index in [2.05, 4.69) is 10.6 Å². The zero-order valence-corrected chi connectivity index (χ0v) is 13.2. The average molecular weight is 314 g/mol. The second kappa shape index (κ2) is 8.43. The van der Waals surface area contributed by atoms with Gasteiger partial charge in [0.05, 0.1) is 0 Å². The molecule has 2 amide bonds. The van der Waals surface area contributed by atoms with Crippen LogP contribution in [0, 0.1) is 6.92 Å². The number of hydrogen-bond donors (Lipinski definition) is 2. The summed E-state index contributed by atoms with van der Waals surface area (Å²) >= 11 is 0. The van der Waals surface area contributed by atoms with Crippen molar-refractivity contribution in [2.24, 2.45) is 0 Å². The second-order valence-electron chi connectivity index (χ2n) is 4.86. The summed E-state index contributed by atoms with van der Waals surface area (Å²) in [7, 11) is 0. The van der Waals surface area contributed by atoms with Gasteiger partial charge in [-0.2, -0.15) is 0 Å². The molecule has 0 saturated heterocycles. The third-order valence-electron chi connectivity index (χ3n) is 3.18. The fourth-order valence-corrected chi connectivity index (χ4v) is 1.70. The number of aldehydes is 2. The van der Waals surface area contributed by atoms with Crippen molar-refractivity contribution >= 4 is 35.8 Å². The molecule has 1 aromatic carbocycles. The van der Waals surface area contributed by atoms with Gasteiger partial charge in [-0.25, -0.2) is 0 Å². The number of nitrogens with one attached hydrogen (secondary N) is 2. The summed E-state index contributed by atoms with van der Waals surface area (Å²) in [5.74, 6) is -0.804. The van der Waals surface area contributed by atoms with Gasteiger partial charge in [-0.05, 0) is 50.6 Å². The van der Waals surface area contributed by atoms with Crippen molar-refractivity contribution in [3.05, 3.63) is 47.1 Å². The number of carbonyl (C=O) groups is 4. The Kier molecular flexibility index (Phi) is 6.61. The number of amides is 2. The topological polar surface area (TPSA) is 92.3 Å². The molecule has 0 spiro atoms. The number of anilines is 2. The monoisotopic (exact) mass is 314 g/mol. The SMILES string of the molecule is C/C(=C/C=O)C(=O)Nc1cccc(NC(=O)/C(C)=C\C=O)c1C. The molecule has 6 heteroatoms. The van der Waals surface area contributed by atoms with Crippen LogP contribution in [0.2, 0.25) is 0 Å². The largest absolute Gasteiger partial charge is 0.322 e. The highest BCUT2D eigenvalue weighted by molar-refractivity contribution is 6.08. The highest BCUT2D eigenvalue weighted by Gasteiger charge is 2.11.